The number of nitro groups is 1. The molecule has 3 rings (SSSR count). The lowest BCUT2D eigenvalue weighted by Gasteiger charge is -2.03. The third kappa shape index (κ3) is 3.86. The van der Waals surface area contributed by atoms with Crippen molar-refractivity contribution in [2.24, 2.45) is 0 Å². The molecule has 8 heteroatoms. The number of nitrogens with zero attached hydrogens (tertiary/aromatic N) is 2. The SMILES string of the molecule is COc1ccc(-c2nc(COC(=O)c3ccccc3[N+](=O)[O-])cs2)cc1. The topological polar surface area (TPSA) is 91.6 Å². The zero-order chi connectivity index (χ0) is 18.5. The fraction of sp³-hybridized carbons (Fsp3) is 0.111. The van der Waals surface area contributed by atoms with E-state index < -0.39 is 10.9 Å². The summed E-state index contributed by atoms with van der Waals surface area (Å²) in [7, 11) is 1.60. The first-order chi connectivity index (χ1) is 12.6. The summed E-state index contributed by atoms with van der Waals surface area (Å²) in [5, 5.41) is 13.6. The van der Waals surface area contributed by atoms with Gasteiger partial charge in [-0.3, -0.25) is 10.1 Å². The molecule has 0 atom stereocenters. The van der Waals surface area contributed by atoms with Crippen molar-refractivity contribution >= 4 is 23.0 Å². The molecule has 0 bridgehead atoms. The van der Waals surface area contributed by atoms with Crippen LogP contribution in [0, 0.1) is 10.1 Å². The van der Waals surface area contributed by atoms with E-state index in [9.17, 15) is 14.9 Å². The fourth-order valence-electron chi connectivity index (χ4n) is 2.26. The van der Waals surface area contributed by atoms with E-state index in [0.29, 0.717) is 5.69 Å². The van der Waals surface area contributed by atoms with Gasteiger partial charge in [0.25, 0.3) is 5.69 Å². The van der Waals surface area contributed by atoms with E-state index in [2.05, 4.69) is 4.98 Å². The Bertz CT molecular complexity index is 937. The monoisotopic (exact) mass is 370 g/mol. The van der Waals surface area contributed by atoms with Gasteiger partial charge in [0.05, 0.1) is 17.7 Å². The van der Waals surface area contributed by atoms with E-state index in [0.717, 1.165) is 16.3 Å². The molecule has 1 aromatic heterocycles. The van der Waals surface area contributed by atoms with Gasteiger partial charge in [0, 0.05) is 17.0 Å². The van der Waals surface area contributed by atoms with Crippen LogP contribution in [0.5, 0.6) is 5.75 Å². The van der Waals surface area contributed by atoms with Crippen LogP contribution in [0.3, 0.4) is 0 Å². The maximum Gasteiger partial charge on any atom is 0.345 e. The Balaban J connectivity index is 1.68. The van der Waals surface area contributed by atoms with Gasteiger partial charge in [0.1, 0.15) is 22.9 Å². The summed E-state index contributed by atoms with van der Waals surface area (Å²) >= 11 is 1.42. The lowest BCUT2D eigenvalue weighted by Crippen LogP contribution is -2.08. The van der Waals surface area contributed by atoms with Gasteiger partial charge in [-0.1, -0.05) is 12.1 Å². The molecule has 132 valence electrons. The van der Waals surface area contributed by atoms with Crippen molar-refractivity contribution in [1.82, 2.24) is 4.98 Å². The number of esters is 1. The molecule has 0 aliphatic heterocycles. The van der Waals surface area contributed by atoms with E-state index in [1.54, 1.807) is 18.6 Å². The van der Waals surface area contributed by atoms with Gasteiger partial charge < -0.3 is 9.47 Å². The Morgan fingerprint density at radius 3 is 2.62 bits per heavy atom. The van der Waals surface area contributed by atoms with E-state index in [1.807, 2.05) is 24.3 Å². The van der Waals surface area contributed by atoms with Gasteiger partial charge in [-0.2, -0.15) is 0 Å². The van der Waals surface area contributed by atoms with Crippen LogP contribution in [0.1, 0.15) is 16.1 Å². The summed E-state index contributed by atoms with van der Waals surface area (Å²) in [5.74, 6) is 0.000197. The first-order valence-electron chi connectivity index (χ1n) is 7.58. The summed E-state index contributed by atoms with van der Waals surface area (Å²) in [6.07, 6.45) is 0. The van der Waals surface area contributed by atoms with Gasteiger partial charge in [-0.15, -0.1) is 11.3 Å². The van der Waals surface area contributed by atoms with E-state index in [4.69, 9.17) is 9.47 Å². The highest BCUT2D eigenvalue weighted by atomic mass is 32.1. The molecular formula is C18H14N2O5S. The molecule has 0 N–H and O–H groups in total. The molecule has 0 unspecified atom stereocenters. The molecule has 2 aromatic carbocycles. The van der Waals surface area contributed by atoms with Crippen molar-refractivity contribution in [2.45, 2.75) is 6.61 Å². The van der Waals surface area contributed by atoms with Crippen LogP contribution in [0.4, 0.5) is 5.69 Å². The van der Waals surface area contributed by atoms with E-state index in [-0.39, 0.29) is 17.9 Å². The van der Waals surface area contributed by atoms with E-state index in [1.165, 1.54) is 29.5 Å². The van der Waals surface area contributed by atoms with Gasteiger partial charge in [0.15, 0.2) is 0 Å². The van der Waals surface area contributed by atoms with Crippen LogP contribution in [0.2, 0.25) is 0 Å². The van der Waals surface area contributed by atoms with Crippen molar-refractivity contribution in [2.75, 3.05) is 7.11 Å². The van der Waals surface area contributed by atoms with Gasteiger partial charge in [-0.25, -0.2) is 9.78 Å². The van der Waals surface area contributed by atoms with Crippen molar-refractivity contribution < 1.29 is 19.2 Å². The number of nitro benzene ring substituents is 1. The van der Waals surface area contributed by atoms with E-state index >= 15 is 0 Å². The molecular weight excluding hydrogens is 356 g/mol. The highest BCUT2D eigenvalue weighted by Gasteiger charge is 2.20. The number of hydrogen-bond donors (Lipinski definition) is 0. The molecule has 0 fully saturated rings. The number of hydrogen-bond acceptors (Lipinski definition) is 7. The van der Waals surface area contributed by atoms with Gasteiger partial charge in [-0.05, 0) is 30.3 Å². The Morgan fingerprint density at radius 1 is 1.19 bits per heavy atom. The number of aromatic nitrogens is 1. The summed E-state index contributed by atoms with van der Waals surface area (Å²) in [6.45, 7) is -0.0580. The molecule has 0 amide bonds. The highest BCUT2D eigenvalue weighted by molar-refractivity contribution is 7.13. The Kier molecular flexibility index (Phi) is 5.23. The standard InChI is InChI=1S/C18H14N2O5S/c1-24-14-8-6-12(7-9-14)17-19-13(11-26-17)10-25-18(21)15-4-2-3-5-16(15)20(22)23/h2-9,11H,10H2,1H3. The Hall–Kier alpha value is -3.26. The molecule has 3 aromatic rings. The predicted molar refractivity (Wildman–Crippen MR) is 96.3 cm³/mol. The minimum atomic E-state index is -0.753. The third-order valence-corrected chi connectivity index (χ3v) is 4.50. The second-order valence-corrected chi connectivity index (χ2v) is 6.08. The molecule has 1 heterocycles. The Labute approximate surface area is 153 Å². The number of thiazole rings is 1. The van der Waals surface area contributed by atoms with Crippen LogP contribution in [-0.2, 0) is 11.3 Å². The number of carbonyl (C=O) groups excluding carboxylic acids is 1. The predicted octanol–water partition coefficient (Wildman–Crippen LogP) is 4.08. The van der Waals surface area contributed by atoms with Crippen molar-refractivity contribution in [1.29, 1.82) is 0 Å². The summed E-state index contributed by atoms with van der Waals surface area (Å²) in [5.41, 5.74) is 1.14. The second-order valence-electron chi connectivity index (χ2n) is 5.22. The van der Waals surface area contributed by atoms with Crippen LogP contribution >= 0.6 is 11.3 Å². The average Bonchev–Trinajstić information content (AvgIpc) is 3.15. The van der Waals surface area contributed by atoms with Crippen molar-refractivity contribution in [3.05, 3.63) is 75.3 Å². The number of ether oxygens (including phenoxy) is 2. The smallest absolute Gasteiger partial charge is 0.345 e. The summed E-state index contributed by atoms with van der Waals surface area (Å²) in [4.78, 5) is 26.9. The molecule has 0 saturated carbocycles. The molecule has 7 nitrogen and oxygen atoms in total. The molecule has 26 heavy (non-hydrogen) atoms. The number of methoxy groups -OCH3 is 1. The van der Waals surface area contributed by atoms with Crippen LogP contribution < -0.4 is 4.74 Å². The summed E-state index contributed by atoms with van der Waals surface area (Å²) < 4.78 is 10.3. The Morgan fingerprint density at radius 2 is 1.92 bits per heavy atom. The number of carbonyl (C=O) groups is 1. The lowest BCUT2D eigenvalue weighted by atomic mass is 10.2. The second kappa shape index (κ2) is 7.75. The quantitative estimate of drug-likeness (QED) is 0.369. The van der Waals surface area contributed by atoms with Gasteiger partial charge in [0.2, 0.25) is 0 Å². The zero-order valence-corrected chi connectivity index (χ0v) is 14.6. The number of rotatable bonds is 6. The first-order valence-corrected chi connectivity index (χ1v) is 8.46. The van der Waals surface area contributed by atoms with Crippen molar-refractivity contribution in [3.63, 3.8) is 0 Å². The minimum Gasteiger partial charge on any atom is -0.497 e. The molecule has 0 aliphatic rings. The zero-order valence-electron chi connectivity index (χ0n) is 13.7. The van der Waals surface area contributed by atoms with Crippen LogP contribution in [-0.4, -0.2) is 23.0 Å². The molecule has 0 radical (unpaired) electrons. The normalized spacial score (nSPS) is 10.3. The highest BCUT2D eigenvalue weighted by Crippen LogP contribution is 2.26. The molecule has 0 spiro atoms. The van der Waals surface area contributed by atoms with Crippen LogP contribution in [0.15, 0.2) is 53.9 Å². The molecule has 0 aliphatic carbocycles. The molecule has 0 saturated heterocycles. The minimum absolute atomic E-state index is 0.0580. The fourth-order valence-corrected chi connectivity index (χ4v) is 3.07. The number of para-hydroxylation sites is 1. The van der Waals surface area contributed by atoms with Gasteiger partial charge >= 0.3 is 5.97 Å². The maximum atomic E-state index is 12.1. The largest absolute Gasteiger partial charge is 0.497 e. The van der Waals surface area contributed by atoms with Crippen LogP contribution in [0.25, 0.3) is 10.6 Å². The maximum absolute atomic E-state index is 12.1. The average molecular weight is 370 g/mol. The lowest BCUT2D eigenvalue weighted by molar-refractivity contribution is -0.385. The number of benzene rings is 2. The first kappa shape index (κ1) is 17.6. The third-order valence-electron chi connectivity index (χ3n) is 3.56. The summed E-state index contributed by atoms with van der Waals surface area (Å²) in [6, 6.07) is 13.1. The van der Waals surface area contributed by atoms with Crippen molar-refractivity contribution in [3.8, 4) is 16.3 Å².